The first-order valence-electron chi connectivity index (χ1n) is 19.1. The van der Waals surface area contributed by atoms with Gasteiger partial charge >= 0.3 is 12.2 Å². The number of aromatic amines is 2. The minimum Gasteiger partial charge on any atom is -0.453 e. The average molecular weight is 881 g/mol. The quantitative estimate of drug-likeness (QED) is 0.0945. The van der Waals surface area contributed by atoms with E-state index in [1.807, 2.05) is 72.0 Å². The normalized spacial score (nSPS) is 15.7. The van der Waals surface area contributed by atoms with Gasteiger partial charge in [-0.05, 0) is 71.7 Å². The number of imidazole rings is 2. The Morgan fingerprint density at radius 2 is 1.41 bits per heavy atom. The van der Waals surface area contributed by atoms with Gasteiger partial charge in [-0.1, -0.05) is 83.1 Å². The van der Waals surface area contributed by atoms with Crippen LogP contribution in [0.2, 0.25) is 0 Å². The number of nitrogens with one attached hydrogen (secondary N) is 4. The van der Waals surface area contributed by atoms with Crippen molar-refractivity contribution in [1.29, 1.82) is 0 Å². The van der Waals surface area contributed by atoms with Gasteiger partial charge in [-0.15, -0.1) is 0 Å². The fraction of sp³-hybridized carbons (Fsp3) is 0.463. The number of methoxy groups -OCH3 is 2. The van der Waals surface area contributed by atoms with Crippen molar-refractivity contribution in [2.45, 2.75) is 85.0 Å². The maximum Gasteiger partial charge on any atom is 0.407 e. The highest BCUT2D eigenvalue weighted by Gasteiger charge is 2.38. The van der Waals surface area contributed by atoms with Gasteiger partial charge in [-0.2, -0.15) is 0 Å². The zero-order valence-electron chi connectivity index (χ0n) is 33.3. The van der Waals surface area contributed by atoms with Crippen LogP contribution in [0.5, 0.6) is 0 Å². The van der Waals surface area contributed by atoms with E-state index in [2.05, 4.69) is 67.5 Å². The summed E-state index contributed by atoms with van der Waals surface area (Å²) in [4.78, 5) is 71.3. The van der Waals surface area contributed by atoms with Crippen molar-refractivity contribution < 1.29 is 28.7 Å². The summed E-state index contributed by atoms with van der Waals surface area (Å²) in [7, 11) is 2.57. The predicted octanol–water partition coefficient (Wildman–Crippen LogP) is 7.46. The van der Waals surface area contributed by atoms with E-state index >= 15 is 0 Å². The molecule has 2 aromatic carbocycles. The van der Waals surface area contributed by atoms with E-state index < -0.39 is 24.3 Å². The maximum atomic E-state index is 13.7. The van der Waals surface area contributed by atoms with Gasteiger partial charge in [0, 0.05) is 30.4 Å². The number of likely N-dealkylation sites (tertiary alicyclic amines) is 1. The molecule has 5 rings (SSSR count). The van der Waals surface area contributed by atoms with Gasteiger partial charge in [0.15, 0.2) is 0 Å². The molecule has 4 amide bonds. The predicted molar refractivity (Wildman–Crippen MR) is 222 cm³/mol. The molecule has 3 heterocycles. The molecule has 1 aliphatic heterocycles. The number of benzene rings is 2. The molecule has 56 heavy (non-hydrogen) atoms. The summed E-state index contributed by atoms with van der Waals surface area (Å²) >= 11 is 2.24. The van der Waals surface area contributed by atoms with Crippen LogP contribution in [0.15, 0.2) is 54.7 Å². The van der Waals surface area contributed by atoms with Crippen LogP contribution in [-0.4, -0.2) is 93.1 Å². The minimum atomic E-state index is -0.731. The maximum absolute atomic E-state index is 13.7. The van der Waals surface area contributed by atoms with E-state index in [1.165, 1.54) is 14.2 Å². The van der Waals surface area contributed by atoms with Gasteiger partial charge in [0.1, 0.15) is 33.1 Å². The highest BCUT2D eigenvalue weighted by atomic mass is 127. The van der Waals surface area contributed by atoms with E-state index in [0.29, 0.717) is 18.9 Å². The van der Waals surface area contributed by atoms with E-state index in [9.17, 15) is 19.2 Å². The Kier molecular flexibility index (Phi) is 14.2. The molecule has 0 saturated carbocycles. The molecule has 1 saturated heterocycles. The topological polar surface area (TPSA) is 175 Å². The Morgan fingerprint density at radius 1 is 0.857 bits per heavy atom. The highest BCUT2D eigenvalue weighted by molar-refractivity contribution is 14.1. The Balaban J connectivity index is 1.28. The molecule has 0 aliphatic carbocycles. The van der Waals surface area contributed by atoms with Gasteiger partial charge in [-0.3, -0.25) is 9.59 Å². The van der Waals surface area contributed by atoms with Crippen LogP contribution < -0.4 is 10.6 Å². The number of rotatable bonds is 14. The van der Waals surface area contributed by atoms with Crippen LogP contribution in [0.3, 0.4) is 0 Å². The third-order valence-corrected chi connectivity index (χ3v) is 11.0. The molecule has 4 N–H and O–H groups in total. The molecule has 0 bridgehead atoms. The van der Waals surface area contributed by atoms with Crippen molar-refractivity contribution >= 4 is 46.6 Å². The van der Waals surface area contributed by atoms with Gasteiger partial charge in [0.2, 0.25) is 11.8 Å². The van der Waals surface area contributed by atoms with Crippen LogP contribution in [0.1, 0.15) is 84.5 Å². The van der Waals surface area contributed by atoms with E-state index in [-0.39, 0.29) is 35.7 Å². The number of hydrogen-bond acceptors (Lipinski definition) is 8. The smallest absolute Gasteiger partial charge is 0.407 e. The average Bonchev–Trinajstić information content (AvgIpc) is 3.97. The first-order valence-corrected chi connectivity index (χ1v) is 20.2. The summed E-state index contributed by atoms with van der Waals surface area (Å²) < 4.78 is 10.4. The Hall–Kier alpha value is -4.93. The summed E-state index contributed by atoms with van der Waals surface area (Å²) in [6.45, 7) is 12.6. The van der Waals surface area contributed by atoms with Crippen molar-refractivity contribution in [3.63, 3.8) is 0 Å². The van der Waals surface area contributed by atoms with Crippen molar-refractivity contribution in [1.82, 2.24) is 40.4 Å². The molecular weight excluding hydrogens is 827 g/mol. The van der Waals surface area contributed by atoms with Crippen LogP contribution in [0.4, 0.5) is 9.59 Å². The molecule has 1 aliphatic rings. The van der Waals surface area contributed by atoms with Crippen molar-refractivity contribution in [3.05, 3.63) is 70.1 Å². The fourth-order valence-electron chi connectivity index (χ4n) is 7.02. The number of carbonyl (C=O) groups excluding carboxylic acids is 4. The van der Waals surface area contributed by atoms with E-state index in [4.69, 9.17) is 19.4 Å². The molecule has 15 heteroatoms. The Bertz CT molecular complexity index is 1980. The monoisotopic (exact) mass is 880 g/mol. The summed E-state index contributed by atoms with van der Waals surface area (Å²) in [6, 6.07) is 14.4. The molecule has 0 radical (unpaired) electrons. The largest absolute Gasteiger partial charge is 0.453 e. The second-order valence-electron chi connectivity index (χ2n) is 14.7. The lowest BCUT2D eigenvalue weighted by molar-refractivity contribution is -0.137. The number of amides is 4. The van der Waals surface area contributed by atoms with Crippen LogP contribution in [0.25, 0.3) is 33.6 Å². The van der Waals surface area contributed by atoms with Crippen LogP contribution >= 0.6 is 22.6 Å². The number of halogens is 1. The Morgan fingerprint density at radius 3 is 1.96 bits per heavy atom. The molecule has 4 atom stereocenters. The number of carbonyl (C=O) groups is 4. The summed E-state index contributed by atoms with van der Waals surface area (Å²) in [6.07, 6.45) is 2.97. The zero-order valence-corrected chi connectivity index (χ0v) is 35.5. The van der Waals surface area contributed by atoms with Crippen molar-refractivity contribution in [2.24, 2.45) is 11.8 Å². The van der Waals surface area contributed by atoms with Crippen molar-refractivity contribution in [3.8, 4) is 33.6 Å². The number of ether oxygens (including phenoxy) is 2. The molecule has 4 aromatic rings. The number of H-pyrrole nitrogens is 2. The highest BCUT2D eigenvalue weighted by Crippen LogP contribution is 2.34. The summed E-state index contributed by atoms with van der Waals surface area (Å²) in [5.74, 6) is 0.808. The third kappa shape index (κ3) is 9.53. The van der Waals surface area contributed by atoms with E-state index in [0.717, 1.165) is 62.4 Å². The van der Waals surface area contributed by atoms with Crippen LogP contribution in [0, 0.1) is 15.5 Å². The lowest BCUT2D eigenvalue weighted by Gasteiger charge is -2.33. The fourth-order valence-corrected chi connectivity index (χ4v) is 7.73. The zero-order chi connectivity index (χ0) is 40.7. The second-order valence-corrected chi connectivity index (χ2v) is 15.8. The first-order chi connectivity index (χ1) is 26.8. The first kappa shape index (κ1) is 42.2. The molecule has 14 nitrogen and oxygen atoms in total. The summed E-state index contributed by atoms with van der Waals surface area (Å²) in [5.41, 5.74) is 5.55. The SMILES string of the molecule is CCCN(C(=O)C(NC(=O)OC)C(C)C)[C@@H](C)c1nc(-c2ccc(-c3ccc(-c4c[nH]c([C@@H]5CCCN5C(=O)[C@@H](NC(=O)OC)C(C)C)n4)cc3)cc2)c(I)[nH]1. The number of nitrogens with zero attached hydrogens (tertiary/aromatic N) is 4. The standard InChI is InChI=1S/C41H53IN8O6/c1-9-20-49(38(51)32(23(2)3)46-40(53)55-7)25(6)36-45-34(35(42)48-36)29-18-14-27(15-19-29)26-12-16-28(17-13-26)30-22-43-37(44-30)31-11-10-21-50(31)39(52)33(24(4)5)47-41(54)56-8/h12-19,22-25,31-33H,9-11,20-21H2,1-8H3,(H,43,44)(H,45,48)(H,46,53)(H,47,54)/t25-,31-,32?,33-/m0/s1. The lowest BCUT2D eigenvalue weighted by atomic mass is 10.0. The number of hydrogen-bond donors (Lipinski definition) is 4. The lowest BCUT2D eigenvalue weighted by Crippen LogP contribution is -2.52. The second kappa shape index (κ2) is 18.8. The number of aromatic nitrogens is 4. The van der Waals surface area contributed by atoms with Gasteiger partial charge in [0.05, 0.1) is 32.0 Å². The molecular formula is C41H53IN8O6. The molecule has 2 aromatic heterocycles. The summed E-state index contributed by atoms with van der Waals surface area (Å²) in [5, 5.41) is 5.39. The van der Waals surface area contributed by atoms with E-state index in [1.54, 1.807) is 9.80 Å². The van der Waals surface area contributed by atoms with Gasteiger partial charge in [-0.25, -0.2) is 19.6 Å². The van der Waals surface area contributed by atoms with Gasteiger partial charge in [0.25, 0.3) is 0 Å². The minimum absolute atomic E-state index is 0.108. The third-order valence-electron chi connectivity index (χ3n) is 10.2. The van der Waals surface area contributed by atoms with Gasteiger partial charge < -0.3 is 39.9 Å². The molecule has 1 unspecified atom stereocenters. The molecule has 1 fully saturated rings. The molecule has 300 valence electrons. The Labute approximate surface area is 342 Å². The van der Waals surface area contributed by atoms with Crippen LogP contribution in [-0.2, 0) is 19.1 Å². The number of alkyl carbamates (subject to hydrolysis) is 2. The molecule has 0 spiro atoms. The van der Waals surface area contributed by atoms with Crippen molar-refractivity contribution in [2.75, 3.05) is 27.3 Å².